The van der Waals surface area contributed by atoms with Crippen molar-refractivity contribution in [2.75, 3.05) is 13.2 Å². The SMILES string of the molecule is CC/C=C/C/C=C/C/C=C/C/C=C/C/C=C/C/C=C/CCC(=O)O[C@H](COC(=O)CCCCCCCCCCCC)COP(=O)(O)OC1C(O)C(O)C(O)[C@H](O)C1O. The van der Waals surface area contributed by atoms with Gasteiger partial charge in [0.2, 0.25) is 0 Å². The average molecular weight is 841 g/mol. The first-order valence-corrected chi connectivity index (χ1v) is 22.7. The van der Waals surface area contributed by atoms with Crippen molar-refractivity contribution in [2.24, 2.45) is 0 Å². The number of allylic oxidation sites excluding steroid dienone is 12. The smallest absolute Gasteiger partial charge is 0.462 e. The minimum atomic E-state index is -5.13. The van der Waals surface area contributed by atoms with Crippen molar-refractivity contribution >= 4 is 19.8 Å². The Hall–Kier alpha value is -2.71. The highest BCUT2D eigenvalue weighted by Gasteiger charge is 2.51. The standard InChI is InChI=1S/C44H73O13P/c1-3-5-7-9-11-13-15-16-17-18-19-20-21-22-23-25-27-29-31-33-38(46)56-36(34-54-37(45)32-30-28-26-24-14-12-10-8-6-4-2)35-55-58(52,53)57-44-42(50)40(48)39(47)41(49)43(44)51/h5,7,11,13,16-17,19-20,22-23,27,29,36,39-44,47-51H,3-4,6,8-10,12,14-15,18,21,24-26,28,30-35H2,1-2H3,(H,52,53)/b7-5+,13-11+,17-16+,20-19+,23-22+,29-27+/t36-,39?,40+,41?,42?,43?,44?/m1/s1. The van der Waals surface area contributed by atoms with Crippen molar-refractivity contribution < 1.29 is 63.1 Å². The third-order valence-electron chi connectivity index (χ3n) is 9.33. The molecule has 332 valence electrons. The molecule has 13 nitrogen and oxygen atoms in total. The van der Waals surface area contributed by atoms with Crippen LogP contribution in [0.25, 0.3) is 0 Å². The number of hydrogen-bond acceptors (Lipinski definition) is 12. The third kappa shape index (κ3) is 26.4. The van der Waals surface area contributed by atoms with E-state index in [1.54, 1.807) is 0 Å². The fraction of sp³-hybridized carbons (Fsp3) is 0.682. The van der Waals surface area contributed by atoms with Crippen molar-refractivity contribution in [3.63, 3.8) is 0 Å². The number of carbonyl (C=O) groups is 2. The van der Waals surface area contributed by atoms with Gasteiger partial charge in [0.25, 0.3) is 0 Å². The number of hydrogen-bond donors (Lipinski definition) is 6. The fourth-order valence-electron chi connectivity index (χ4n) is 5.90. The first-order valence-electron chi connectivity index (χ1n) is 21.2. The molecule has 0 radical (unpaired) electrons. The molecule has 1 saturated carbocycles. The van der Waals surface area contributed by atoms with Crippen LogP contribution in [0, 0.1) is 0 Å². The van der Waals surface area contributed by atoms with Gasteiger partial charge in [0.15, 0.2) is 6.10 Å². The van der Waals surface area contributed by atoms with Crippen molar-refractivity contribution in [2.45, 2.75) is 179 Å². The predicted molar refractivity (Wildman–Crippen MR) is 225 cm³/mol. The summed E-state index contributed by atoms with van der Waals surface area (Å²) in [4.78, 5) is 35.5. The number of unbranched alkanes of at least 4 members (excludes halogenated alkanes) is 9. The summed E-state index contributed by atoms with van der Waals surface area (Å²) in [5.74, 6) is -1.21. The van der Waals surface area contributed by atoms with Gasteiger partial charge in [-0.1, -0.05) is 145 Å². The molecule has 1 fully saturated rings. The lowest BCUT2D eigenvalue weighted by atomic mass is 9.85. The van der Waals surface area contributed by atoms with E-state index in [1.165, 1.54) is 38.5 Å². The molecule has 6 N–H and O–H groups in total. The van der Waals surface area contributed by atoms with Crippen LogP contribution in [-0.2, 0) is 32.7 Å². The van der Waals surface area contributed by atoms with Crippen LogP contribution < -0.4 is 0 Å². The van der Waals surface area contributed by atoms with Gasteiger partial charge in [-0.2, -0.15) is 0 Å². The maximum atomic E-state index is 12.8. The van der Waals surface area contributed by atoms with E-state index in [1.807, 2.05) is 18.2 Å². The molecule has 0 amide bonds. The van der Waals surface area contributed by atoms with Crippen LogP contribution in [0.3, 0.4) is 0 Å². The van der Waals surface area contributed by atoms with Crippen molar-refractivity contribution in [1.82, 2.24) is 0 Å². The van der Waals surface area contributed by atoms with E-state index in [0.29, 0.717) is 19.3 Å². The summed E-state index contributed by atoms with van der Waals surface area (Å²) >= 11 is 0. The topological polar surface area (TPSA) is 210 Å². The highest BCUT2D eigenvalue weighted by molar-refractivity contribution is 7.47. The molecule has 14 heteroatoms. The van der Waals surface area contributed by atoms with E-state index in [9.17, 15) is 44.6 Å². The Morgan fingerprint density at radius 3 is 1.47 bits per heavy atom. The summed E-state index contributed by atoms with van der Waals surface area (Å²) in [6, 6.07) is 0. The van der Waals surface area contributed by atoms with Gasteiger partial charge in [0.05, 0.1) is 6.61 Å². The summed E-state index contributed by atoms with van der Waals surface area (Å²) in [6.45, 7) is 3.08. The normalized spacial score (nSPS) is 23.2. The molecule has 0 spiro atoms. The first kappa shape index (κ1) is 53.3. The molecule has 1 rings (SSSR count). The quantitative estimate of drug-likeness (QED) is 0.0163. The minimum absolute atomic E-state index is 0.0307. The zero-order valence-electron chi connectivity index (χ0n) is 34.8. The number of phosphoric ester groups is 1. The Kier molecular flexibility index (Phi) is 31.3. The lowest BCUT2D eigenvalue weighted by molar-refractivity contribution is -0.220. The molecule has 0 heterocycles. The van der Waals surface area contributed by atoms with Gasteiger partial charge in [-0.05, 0) is 51.4 Å². The third-order valence-corrected chi connectivity index (χ3v) is 10.3. The van der Waals surface area contributed by atoms with Gasteiger partial charge in [-0.25, -0.2) is 4.57 Å². The number of aliphatic hydroxyl groups is 5. The number of aliphatic hydroxyl groups excluding tert-OH is 5. The Morgan fingerprint density at radius 1 is 0.552 bits per heavy atom. The largest absolute Gasteiger partial charge is 0.472 e. The van der Waals surface area contributed by atoms with Crippen LogP contribution in [0.5, 0.6) is 0 Å². The Bertz CT molecular complexity index is 1290. The van der Waals surface area contributed by atoms with Gasteiger partial charge in [0.1, 0.15) is 43.2 Å². The minimum Gasteiger partial charge on any atom is -0.462 e. The second-order valence-electron chi connectivity index (χ2n) is 14.5. The molecular formula is C44H73O13P. The van der Waals surface area contributed by atoms with Gasteiger partial charge in [0, 0.05) is 12.8 Å². The number of phosphoric acid groups is 1. The molecule has 58 heavy (non-hydrogen) atoms. The molecule has 1 aliphatic rings. The lowest BCUT2D eigenvalue weighted by Crippen LogP contribution is -2.64. The molecule has 0 aliphatic heterocycles. The van der Waals surface area contributed by atoms with E-state index < -0.39 is 75.7 Å². The van der Waals surface area contributed by atoms with Gasteiger partial charge >= 0.3 is 19.8 Å². The van der Waals surface area contributed by atoms with Crippen molar-refractivity contribution in [1.29, 1.82) is 0 Å². The molecule has 0 aromatic carbocycles. The van der Waals surface area contributed by atoms with E-state index in [2.05, 4.69) is 68.5 Å². The first-order chi connectivity index (χ1) is 27.9. The number of carbonyl (C=O) groups excluding carboxylic acids is 2. The molecule has 0 saturated heterocycles. The molecule has 0 aromatic rings. The molecule has 0 bridgehead atoms. The maximum absolute atomic E-state index is 12.8. The van der Waals surface area contributed by atoms with Crippen molar-refractivity contribution in [3.8, 4) is 0 Å². The molecule has 8 atom stereocenters. The molecular weight excluding hydrogens is 767 g/mol. The van der Waals surface area contributed by atoms with Crippen LogP contribution in [0.15, 0.2) is 72.9 Å². The summed E-state index contributed by atoms with van der Waals surface area (Å²) in [5, 5.41) is 50.0. The van der Waals surface area contributed by atoms with E-state index in [0.717, 1.165) is 51.4 Å². The Morgan fingerprint density at radius 2 is 0.983 bits per heavy atom. The number of ether oxygens (including phenoxy) is 2. The van der Waals surface area contributed by atoms with E-state index >= 15 is 0 Å². The van der Waals surface area contributed by atoms with Crippen molar-refractivity contribution in [3.05, 3.63) is 72.9 Å². The zero-order chi connectivity index (χ0) is 42.9. The second-order valence-corrected chi connectivity index (χ2v) is 15.9. The lowest BCUT2D eigenvalue weighted by Gasteiger charge is -2.41. The second kappa shape index (κ2) is 34.0. The summed E-state index contributed by atoms with van der Waals surface area (Å²) in [6.07, 6.45) is 28.4. The summed E-state index contributed by atoms with van der Waals surface area (Å²) in [7, 11) is -5.13. The number of rotatable bonds is 33. The van der Waals surface area contributed by atoms with E-state index in [4.69, 9.17) is 18.5 Å². The fourth-order valence-corrected chi connectivity index (χ4v) is 6.87. The Labute approximate surface area is 346 Å². The van der Waals surface area contributed by atoms with E-state index in [-0.39, 0.29) is 12.8 Å². The molecule has 1 aliphatic carbocycles. The Balaban J connectivity index is 2.56. The van der Waals surface area contributed by atoms with Crippen LogP contribution in [0.2, 0.25) is 0 Å². The zero-order valence-corrected chi connectivity index (χ0v) is 35.7. The monoisotopic (exact) mass is 840 g/mol. The number of esters is 2. The average Bonchev–Trinajstić information content (AvgIpc) is 3.20. The van der Waals surface area contributed by atoms with Gasteiger partial charge in [-0.3, -0.25) is 18.6 Å². The molecule has 0 aromatic heterocycles. The van der Waals surface area contributed by atoms with Crippen LogP contribution in [0.4, 0.5) is 0 Å². The molecule has 6 unspecified atom stereocenters. The summed E-state index contributed by atoms with van der Waals surface area (Å²) < 4.78 is 33.3. The van der Waals surface area contributed by atoms with Gasteiger partial charge in [-0.15, -0.1) is 0 Å². The van der Waals surface area contributed by atoms with Crippen LogP contribution >= 0.6 is 7.82 Å². The highest BCUT2D eigenvalue weighted by Crippen LogP contribution is 2.47. The highest BCUT2D eigenvalue weighted by atomic mass is 31.2. The van der Waals surface area contributed by atoms with Crippen LogP contribution in [0.1, 0.15) is 136 Å². The summed E-state index contributed by atoms with van der Waals surface area (Å²) in [5.41, 5.74) is 0. The maximum Gasteiger partial charge on any atom is 0.472 e. The predicted octanol–water partition coefficient (Wildman–Crippen LogP) is 7.55. The van der Waals surface area contributed by atoms with Gasteiger partial charge < -0.3 is 39.9 Å². The van der Waals surface area contributed by atoms with Crippen LogP contribution in [-0.4, -0.2) is 98.3 Å².